The average molecular weight is 285 g/mol. The molecule has 1 aliphatic rings. The van der Waals surface area contributed by atoms with Crippen LogP contribution in [-0.2, 0) is 10.0 Å². The number of sulfonamides is 1. The number of hydrogen-bond donors (Lipinski definition) is 2. The van der Waals surface area contributed by atoms with Crippen LogP contribution in [0.15, 0.2) is 29.2 Å². The van der Waals surface area contributed by atoms with Gasteiger partial charge in [0.05, 0.1) is 12.1 Å². The number of rotatable bonds is 3. The van der Waals surface area contributed by atoms with Crippen LogP contribution >= 0.6 is 0 Å². The molecule has 2 atom stereocenters. The first-order chi connectivity index (χ1) is 8.94. The lowest BCUT2D eigenvalue weighted by Crippen LogP contribution is -2.46. The van der Waals surface area contributed by atoms with Gasteiger partial charge in [-0.1, -0.05) is 25.0 Å². The molecule has 1 saturated carbocycles. The average Bonchev–Trinajstić information content (AvgIpc) is 2.39. The van der Waals surface area contributed by atoms with Crippen molar-refractivity contribution < 1.29 is 18.6 Å². The lowest BCUT2D eigenvalue weighted by molar-refractivity contribution is 0.0637. The van der Waals surface area contributed by atoms with Crippen LogP contribution in [0.5, 0.6) is 5.75 Å². The van der Waals surface area contributed by atoms with Gasteiger partial charge in [0.15, 0.2) is 0 Å². The van der Waals surface area contributed by atoms with E-state index in [0.717, 1.165) is 12.8 Å². The topological polar surface area (TPSA) is 77.8 Å². The third-order valence-electron chi connectivity index (χ3n) is 3.68. The Labute approximate surface area is 113 Å². The number of benzene rings is 1. The molecular weight excluding hydrogens is 266 g/mol. The Balaban J connectivity index is 2.31. The van der Waals surface area contributed by atoms with E-state index in [4.69, 9.17) is 0 Å². The highest BCUT2D eigenvalue weighted by atomic mass is 32.2. The van der Waals surface area contributed by atoms with E-state index >= 15 is 0 Å². The largest absolute Gasteiger partial charge is 0.507 e. The van der Waals surface area contributed by atoms with Crippen molar-refractivity contribution in [2.45, 2.75) is 42.7 Å². The summed E-state index contributed by atoms with van der Waals surface area (Å²) in [5.41, 5.74) is 0. The highest BCUT2D eigenvalue weighted by Gasteiger charge is 2.35. The summed E-state index contributed by atoms with van der Waals surface area (Å²) < 4.78 is 26.1. The zero-order valence-corrected chi connectivity index (χ0v) is 11.7. The number of likely N-dealkylation sites (N-methyl/N-ethyl adjacent to an activating group) is 1. The molecule has 0 saturated heterocycles. The van der Waals surface area contributed by atoms with Crippen molar-refractivity contribution in [2.24, 2.45) is 0 Å². The van der Waals surface area contributed by atoms with E-state index in [1.165, 1.54) is 23.5 Å². The first-order valence-electron chi connectivity index (χ1n) is 6.38. The van der Waals surface area contributed by atoms with E-state index in [2.05, 4.69) is 0 Å². The molecule has 0 bridgehead atoms. The van der Waals surface area contributed by atoms with Gasteiger partial charge < -0.3 is 10.2 Å². The monoisotopic (exact) mass is 285 g/mol. The predicted octanol–water partition coefficient (Wildman–Crippen LogP) is 1.32. The van der Waals surface area contributed by atoms with Gasteiger partial charge in [-0.15, -0.1) is 0 Å². The number of aromatic hydroxyl groups is 1. The SMILES string of the molecule is CN(C1CCCCC1O)S(=O)(=O)c1ccccc1O. The Kier molecular flexibility index (Phi) is 4.13. The van der Waals surface area contributed by atoms with Crippen LogP contribution in [0, 0.1) is 0 Å². The fourth-order valence-corrected chi connectivity index (χ4v) is 4.02. The molecule has 2 unspecified atom stereocenters. The van der Waals surface area contributed by atoms with Crippen molar-refractivity contribution in [2.75, 3.05) is 7.05 Å². The standard InChI is InChI=1S/C13H19NO4S/c1-14(10-6-2-3-7-11(10)15)19(17,18)13-9-5-4-8-12(13)16/h4-5,8-11,15-16H,2-3,6-7H2,1H3. The maximum absolute atomic E-state index is 12.5. The summed E-state index contributed by atoms with van der Waals surface area (Å²) >= 11 is 0. The van der Waals surface area contributed by atoms with Gasteiger partial charge in [0, 0.05) is 7.05 Å². The molecule has 0 amide bonds. The van der Waals surface area contributed by atoms with E-state index in [1.54, 1.807) is 12.1 Å². The molecule has 0 heterocycles. The molecule has 0 aromatic heterocycles. The second kappa shape index (κ2) is 5.48. The van der Waals surface area contributed by atoms with Crippen molar-refractivity contribution in [1.29, 1.82) is 0 Å². The molecule has 0 aliphatic heterocycles. The fourth-order valence-electron chi connectivity index (χ4n) is 2.52. The van der Waals surface area contributed by atoms with E-state index in [9.17, 15) is 18.6 Å². The molecule has 1 aromatic rings. The molecular formula is C13H19NO4S. The number of nitrogens with zero attached hydrogens (tertiary/aromatic N) is 1. The van der Waals surface area contributed by atoms with Crippen molar-refractivity contribution in [3.05, 3.63) is 24.3 Å². The van der Waals surface area contributed by atoms with Gasteiger partial charge in [0.25, 0.3) is 0 Å². The Morgan fingerprint density at radius 2 is 1.84 bits per heavy atom. The van der Waals surface area contributed by atoms with Crippen molar-refractivity contribution >= 4 is 10.0 Å². The molecule has 1 aliphatic carbocycles. The van der Waals surface area contributed by atoms with Crippen LogP contribution in [-0.4, -0.2) is 42.1 Å². The van der Waals surface area contributed by atoms with Gasteiger partial charge in [-0.3, -0.25) is 0 Å². The molecule has 0 spiro atoms. The molecule has 1 fully saturated rings. The van der Waals surface area contributed by atoms with E-state index in [0.29, 0.717) is 12.8 Å². The van der Waals surface area contributed by atoms with E-state index in [-0.39, 0.29) is 10.6 Å². The van der Waals surface area contributed by atoms with Gasteiger partial charge in [0.1, 0.15) is 10.6 Å². The summed E-state index contributed by atoms with van der Waals surface area (Å²) in [5.74, 6) is -0.264. The summed E-state index contributed by atoms with van der Waals surface area (Å²) in [5, 5.41) is 19.6. The number of aliphatic hydroxyl groups excluding tert-OH is 1. The molecule has 5 nitrogen and oxygen atoms in total. The second-order valence-corrected chi connectivity index (χ2v) is 6.87. The third kappa shape index (κ3) is 2.75. The highest BCUT2D eigenvalue weighted by molar-refractivity contribution is 7.89. The molecule has 1 aromatic carbocycles. The highest BCUT2D eigenvalue weighted by Crippen LogP contribution is 2.30. The fraction of sp³-hybridized carbons (Fsp3) is 0.538. The number of phenolic OH excluding ortho intramolecular Hbond substituents is 1. The maximum Gasteiger partial charge on any atom is 0.246 e. The summed E-state index contributed by atoms with van der Waals surface area (Å²) in [6.07, 6.45) is 2.44. The Bertz CT molecular complexity index is 543. The minimum Gasteiger partial charge on any atom is -0.507 e. The molecule has 2 rings (SSSR count). The van der Waals surface area contributed by atoms with Gasteiger partial charge in [-0.05, 0) is 25.0 Å². The lowest BCUT2D eigenvalue weighted by Gasteiger charge is -2.34. The van der Waals surface area contributed by atoms with Gasteiger partial charge in [-0.25, -0.2) is 8.42 Å². The Hall–Kier alpha value is -1.11. The summed E-state index contributed by atoms with van der Waals surface area (Å²) in [6, 6.07) is 5.44. The zero-order valence-electron chi connectivity index (χ0n) is 10.9. The molecule has 2 N–H and O–H groups in total. The van der Waals surface area contributed by atoms with Crippen LogP contribution in [0.1, 0.15) is 25.7 Å². The van der Waals surface area contributed by atoms with E-state index in [1.807, 2.05) is 0 Å². The Morgan fingerprint density at radius 1 is 1.21 bits per heavy atom. The minimum absolute atomic E-state index is 0.115. The first kappa shape index (κ1) is 14.3. The van der Waals surface area contributed by atoms with Crippen molar-refractivity contribution in [3.63, 3.8) is 0 Å². The number of para-hydroxylation sites is 1. The van der Waals surface area contributed by atoms with Gasteiger partial charge in [0.2, 0.25) is 10.0 Å². The number of aliphatic hydroxyl groups is 1. The minimum atomic E-state index is -3.78. The number of phenols is 1. The van der Waals surface area contributed by atoms with E-state index < -0.39 is 22.2 Å². The summed E-state index contributed by atoms with van der Waals surface area (Å²) in [4.78, 5) is -0.115. The third-order valence-corrected chi connectivity index (χ3v) is 5.61. The van der Waals surface area contributed by atoms with Crippen LogP contribution in [0.3, 0.4) is 0 Å². The first-order valence-corrected chi connectivity index (χ1v) is 7.82. The zero-order chi connectivity index (χ0) is 14.0. The predicted molar refractivity (Wildman–Crippen MR) is 71.3 cm³/mol. The maximum atomic E-state index is 12.5. The van der Waals surface area contributed by atoms with Crippen LogP contribution in [0.2, 0.25) is 0 Å². The Morgan fingerprint density at radius 3 is 2.47 bits per heavy atom. The summed E-state index contributed by atoms with van der Waals surface area (Å²) in [7, 11) is -2.32. The number of hydrogen-bond acceptors (Lipinski definition) is 4. The lowest BCUT2D eigenvalue weighted by atomic mass is 9.93. The summed E-state index contributed by atoms with van der Waals surface area (Å²) in [6.45, 7) is 0. The van der Waals surface area contributed by atoms with Crippen molar-refractivity contribution in [1.82, 2.24) is 4.31 Å². The normalized spacial score (nSPS) is 24.6. The van der Waals surface area contributed by atoms with Crippen LogP contribution in [0.25, 0.3) is 0 Å². The molecule has 19 heavy (non-hydrogen) atoms. The van der Waals surface area contributed by atoms with Crippen LogP contribution in [0.4, 0.5) is 0 Å². The molecule has 0 radical (unpaired) electrons. The van der Waals surface area contributed by atoms with Gasteiger partial charge >= 0.3 is 0 Å². The smallest absolute Gasteiger partial charge is 0.246 e. The van der Waals surface area contributed by atoms with Gasteiger partial charge in [-0.2, -0.15) is 4.31 Å². The van der Waals surface area contributed by atoms with Crippen molar-refractivity contribution in [3.8, 4) is 5.75 Å². The molecule has 106 valence electrons. The quantitative estimate of drug-likeness (QED) is 0.878. The van der Waals surface area contributed by atoms with Crippen LogP contribution < -0.4 is 0 Å². The molecule has 6 heteroatoms. The second-order valence-electron chi connectivity index (χ2n) is 4.91.